The quantitative estimate of drug-likeness (QED) is 0.398. The zero-order chi connectivity index (χ0) is 23.5. The molecular formula is C23H22F2N6O2. The highest BCUT2D eigenvalue weighted by Crippen LogP contribution is 2.24. The fourth-order valence-corrected chi connectivity index (χ4v) is 3.41. The third-order valence-corrected chi connectivity index (χ3v) is 5.08. The number of amides is 1. The maximum absolute atomic E-state index is 14.7. The van der Waals surface area contributed by atoms with Crippen molar-refractivity contribution in [3.05, 3.63) is 83.3 Å². The topological polar surface area (TPSA) is 105 Å². The van der Waals surface area contributed by atoms with E-state index in [2.05, 4.69) is 25.7 Å². The summed E-state index contributed by atoms with van der Waals surface area (Å²) in [6.07, 6.45) is 4.60. The maximum Gasteiger partial charge on any atom is 0.252 e. The molecule has 1 amide bonds. The minimum Gasteiger partial charge on any atom is -0.394 e. The molecule has 0 saturated heterocycles. The number of rotatable bonds is 7. The largest absolute Gasteiger partial charge is 0.394 e. The van der Waals surface area contributed by atoms with Crippen LogP contribution in [0.5, 0.6) is 0 Å². The molecule has 0 saturated carbocycles. The summed E-state index contributed by atoms with van der Waals surface area (Å²) in [4.78, 5) is 21.4. The molecule has 4 rings (SSSR count). The van der Waals surface area contributed by atoms with Gasteiger partial charge >= 0.3 is 0 Å². The Bertz CT molecular complexity index is 1310. The first-order chi connectivity index (χ1) is 15.8. The van der Waals surface area contributed by atoms with E-state index in [0.717, 1.165) is 6.07 Å². The number of halogens is 2. The van der Waals surface area contributed by atoms with Crippen LogP contribution in [0, 0.1) is 11.6 Å². The molecule has 0 bridgehead atoms. The second-order valence-corrected chi connectivity index (χ2v) is 7.72. The van der Waals surface area contributed by atoms with Crippen LogP contribution in [0.2, 0.25) is 0 Å². The number of anilines is 1. The molecule has 2 aromatic carbocycles. The van der Waals surface area contributed by atoms with Crippen LogP contribution < -0.4 is 10.6 Å². The van der Waals surface area contributed by atoms with Gasteiger partial charge in [0.05, 0.1) is 29.7 Å². The van der Waals surface area contributed by atoms with E-state index < -0.39 is 23.6 Å². The summed E-state index contributed by atoms with van der Waals surface area (Å²) in [5.74, 6) is -1.45. The minimum atomic E-state index is -0.700. The van der Waals surface area contributed by atoms with Crippen molar-refractivity contribution in [3.8, 4) is 0 Å². The molecule has 8 nitrogen and oxygen atoms in total. The number of nitrogens with one attached hydrogen (secondary N) is 2. The van der Waals surface area contributed by atoms with Crippen molar-refractivity contribution in [1.29, 1.82) is 0 Å². The highest BCUT2D eigenvalue weighted by atomic mass is 19.1. The minimum absolute atomic E-state index is 0.0464. The van der Waals surface area contributed by atoms with E-state index in [0.29, 0.717) is 11.1 Å². The van der Waals surface area contributed by atoms with Gasteiger partial charge in [-0.2, -0.15) is 5.10 Å². The molecular weight excluding hydrogens is 430 g/mol. The van der Waals surface area contributed by atoms with Gasteiger partial charge in [-0.1, -0.05) is 12.1 Å². The predicted octanol–water partition coefficient (Wildman–Crippen LogP) is 2.95. The molecule has 4 aromatic rings. The average Bonchev–Trinajstić information content (AvgIpc) is 3.22. The normalized spacial score (nSPS) is 13.0. The number of benzene rings is 2. The second kappa shape index (κ2) is 9.29. The van der Waals surface area contributed by atoms with Crippen molar-refractivity contribution < 1.29 is 18.7 Å². The van der Waals surface area contributed by atoms with Crippen LogP contribution in [0.4, 0.5) is 14.7 Å². The molecule has 33 heavy (non-hydrogen) atoms. The lowest BCUT2D eigenvalue weighted by Crippen LogP contribution is -2.29. The highest BCUT2D eigenvalue weighted by molar-refractivity contribution is 5.98. The number of aryl methyl sites for hydroxylation is 1. The van der Waals surface area contributed by atoms with Crippen LogP contribution in [-0.2, 0) is 7.05 Å². The Kier molecular flexibility index (Phi) is 6.27. The number of aliphatic hydroxyl groups is 1. The molecule has 3 N–H and O–H groups in total. The Balaban J connectivity index is 1.68. The van der Waals surface area contributed by atoms with Crippen LogP contribution in [0.1, 0.15) is 34.5 Å². The molecule has 0 unspecified atom stereocenters. The molecule has 0 radical (unpaired) electrons. The van der Waals surface area contributed by atoms with Gasteiger partial charge in [-0.3, -0.25) is 9.48 Å². The number of carbonyl (C=O) groups is 1. The number of fused-ring (bicyclic) bond motifs is 1. The number of carbonyl (C=O) groups excluding carboxylic acids is 1. The summed E-state index contributed by atoms with van der Waals surface area (Å²) in [5, 5.41) is 19.2. The van der Waals surface area contributed by atoms with E-state index in [1.54, 1.807) is 43.2 Å². The van der Waals surface area contributed by atoms with Crippen LogP contribution in [0.25, 0.3) is 10.9 Å². The van der Waals surface area contributed by atoms with E-state index in [-0.39, 0.29) is 35.1 Å². The van der Waals surface area contributed by atoms with Gasteiger partial charge in [0.25, 0.3) is 5.91 Å². The molecule has 2 heterocycles. The van der Waals surface area contributed by atoms with Crippen molar-refractivity contribution in [3.63, 3.8) is 0 Å². The zero-order valence-electron chi connectivity index (χ0n) is 18.0. The first-order valence-electron chi connectivity index (χ1n) is 10.2. The Morgan fingerprint density at radius 3 is 2.70 bits per heavy atom. The molecule has 10 heteroatoms. The van der Waals surface area contributed by atoms with Crippen LogP contribution >= 0.6 is 0 Å². The standard InChI is InChI=1S/C23H22F2N6O2/c1-13(12-32)28-23-26-10-18-19(25)7-15(8-20(18)29-23)22(33)30-21(16-9-27-31(2)11-16)14-4-3-5-17(24)6-14/h3-11,13,21,32H,12H2,1-2H3,(H,30,33)(H,26,28,29)/t13-,21-/m0/s1. The van der Waals surface area contributed by atoms with Gasteiger partial charge in [0.1, 0.15) is 11.6 Å². The number of aromatic nitrogens is 4. The molecule has 170 valence electrons. The summed E-state index contributed by atoms with van der Waals surface area (Å²) in [7, 11) is 1.73. The number of hydrogen-bond acceptors (Lipinski definition) is 6. The predicted molar refractivity (Wildman–Crippen MR) is 119 cm³/mol. The molecule has 0 fully saturated rings. The molecule has 0 aliphatic heterocycles. The van der Waals surface area contributed by atoms with Crippen LogP contribution in [-0.4, -0.2) is 43.4 Å². The highest BCUT2D eigenvalue weighted by Gasteiger charge is 2.21. The van der Waals surface area contributed by atoms with Gasteiger partial charge in [0.15, 0.2) is 0 Å². The third kappa shape index (κ3) is 4.96. The zero-order valence-corrected chi connectivity index (χ0v) is 18.0. The molecule has 0 spiro atoms. The molecule has 0 aliphatic rings. The Labute approximate surface area is 188 Å². The number of nitrogens with zero attached hydrogens (tertiary/aromatic N) is 4. The maximum atomic E-state index is 14.7. The van der Waals surface area contributed by atoms with Gasteiger partial charge in [0.2, 0.25) is 5.95 Å². The molecule has 2 aromatic heterocycles. The fraction of sp³-hybridized carbons (Fsp3) is 0.217. The summed E-state index contributed by atoms with van der Waals surface area (Å²) < 4.78 is 30.2. The van der Waals surface area contributed by atoms with E-state index in [4.69, 9.17) is 0 Å². The fourth-order valence-electron chi connectivity index (χ4n) is 3.41. The molecule has 0 aliphatic carbocycles. The van der Waals surface area contributed by atoms with Gasteiger partial charge in [-0.15, -0.1) is 0 Å². The summed E-state index contributed by atoms with van der Waals surface area (Å²) >= 11 is 0. The van der Waals surface area contributed by atoms with Crippen molar-refractivity contribution in [2.75, 3.05) is 11.9 Å². The van der Waals surface area contributed by atoms with Crippen LogP contribution in [0.3, 0.4) is 0 Å². The Morgan fingerprint density at radius 2 is 2.00 bits per heavy atom. The lowest BCUT2D eigenvalue weighted by Gasteiger charge is -2.18. The summed E-state index contributed by atoms with van der Waals surface area (Å²) in [6.45, 7) is 1.61. The van der Waals surface area contributed by atoms with E-state index in [1.807, 2.05) is 0 Å². The van der Waals surface area contributed by atoms with Gasteiger partial charge in [0, 0.05) is 36.6 Å². The smallest absolute Gasteiger partial charge is 0.252 e. The second-order valence-electron chi connectivity index (χ2n) is 7.72. The summed E-state index contributed by atoms with van der Waals surface area (Å²) in [5.41, 5.74) is 1.44. The monoisotopic (exact) mass is 452 g/mol. The lowest BCUT2D eigenvalue weighted by atomic mass is 10.0. The third-order valence-electron chi connectivity index (χ3n) is 5.08. The SMILES string of the molecule is C[C@@H](CO)Nc1ncc2c(F)cc(C(=O)N[C@@H](c3cccc(F)c3)c3cnn(C)c3)cc2n1. The van der Waals surface area contributed by atoms with Gasteiger partial charge in [-0.05, 0) is 36.8 Å². The number of hydrogen-bond donors (Lipinski definition) is 3. The van der Waals surface area contributed by atoms with Crippen LogP contribution in [0.15, 0.2) is 55.0 Å². The van der Waals surface area contributed by atoms with Gasteiger partial charge in [-0.25, -0.2) is 18.7 Å². The average molecular weight is 452 g/mol. The van der Waals surface area contributed by atoms with E-state index >= 15 is 0 Å². The van der Waals surface area contributed by atoms with Crippen molar-refractivity contribution in [2.45, 2.75) is 19.0 Å². The van der Waals surface area contributed by atoms with Crippen molar-refractivity contribution >= 4 is 22.8 Å². The first kappa shape index (κ1) is 22.3. The van der Waals surface area contributed by atoms with Crippen molar-refractivity contribution in [2.24, 2.45) is 7.05 Å². The van der Waals surface area contributed by atoms with E-state index in [1.165, 1.54) is 24.4 Å². The van der Waals surface area contributed by atoms with Gasteiger partial charge < -0.3 is 15.7 Å². The summed E-state index contributed by atoms with van der Waals surface area (Å²) in [6, 6.07) is 7.44. The lowest BCUT2D eigenvalue weighted by molar-refractivity contribution is 0.0942. The number of aliphatic hydroxyl groups excluding tert-OH is 1. The Morgan fingerprint density at radius 1 is 1.18 bits per heavy atom. The molecule has 2 atom stereocenters. The van der Waals surface area contributed by atoms with E-state index in [9.17, 15) is 18.7 Å². The first-order valence-corrected chi connectivity index (χ1v) is 10.2. The Hall–Kier alpha value is -3.92. The van der Waals surface area contributed by atoms with Crippen molar-refractivity contribution in [1.82, 2.24) is 25.1 Å².